The molecule has 0 aromatic heterocycles. The molecule has 72 valence electrons. The Morgan fingerprint density at radius 3 is 2.17 bits per heavy atom. The van der Waals surface area contributed by atoms with Gasteiger partial charge in [-0.15, -0.1) is 0 Å². The van der Waals surface area contributed by atoms with Crippen LogP contribution in [0.3, 0.4) is 0 Å². The van der Waals surface area contributed by atoms with Gasteiger partial charge in [-0.25, -0.2) is 0 Å². The van der Waals surface area contributed by atoms with Gasteiger partial charge in [0.15, 0.2) is 0 Å². The van der Waals surface area contributed by atoms with E-state index in [-0.39, 0.29) is 6.04 Å². The van der Waals surface area contributed by atoms with Crippen LogP contribution in [-0.2, 0) is 0 Å². The zero-order valence-corrected chi connectivity index (χ0v) is 9.53. The lowest BCUT2D eigenvalue weighted by atomic mass is 9.96. The summed E-state index contributed by atoms with van der Waals surface area (Å²) in [6.45, 7) is 9.65. The predicted molar refractivity (Wildman–Crippen MR) is 58.3 cm³/mol. The summed E-state index contributed by atoms with van der Waals surface area (Å²) in [6.07, 6.45) is 0. The molecule has 2 nitrogen and oxygen atoms in total. The number of nitrogens with zero attached hydrogens (tertiary/aromatic N) is 1. The minimum Gasteiger partial charge on any atom is -0.392 e. The van der Waals surface area contributed by atoms with Gasteiger partial charge in [-0.2, -0.15) is 0 Å². The highest BCUT2D eigenvalue weighted by Crippen LogP contribution is 2.15. The molecule has 0 saturated carbocycles. The van der Waals surface area contributed by atoms with E-state index in [1.54, 1.807) is 0 Å². The maximum Gasteiger partial charge on any atom is 0.0899 e. The monoisotopic (exact) mass is 188 g/mol. The van der Waals surface area contributed by atoms with E-state index in [0.717, 1.165) is 6.54 Å². The molecule has 0 radical (unpaired) electrons. The maximum absolute atomic E-state index is 5.55. The van der Waals surface area contributed by atoms with Crippen molar-refractivity contribution < 1.29 is 0 Å². The van der Waals surface area contributed by atoms with Gasteiger partial charge in [-0.05, 0) is 19.4 Å². The van der Waals surface area contributed by atoms with Crippen molar-refractivity contribution >= 4 is 17.2 Å². The number of hydrogen-bond donors (Lipinski definition) is 1. The van der Waals surface area contributed by atoms with Crippen LogP contribution in [0.5, 0.6) is 0 Å². The van der Waals surface area contributed by atoms with Crippen molar-refractivity contribution in [2.24, 2.45) is 11.1 Å². The second-order valence-electron chi connectivity index (χ2n) is 4.55. The summed E-state index contributed by atoms with van der Waals surface area (Å²) >= 11 is 4.92. The fourth-order valence-corrected chi connectivity index (χ4v) is 1.28. The molecule has 0 aromatic rings. The van der Waals surface area contributed by atoms with E-state index in [0.29, 0.717) is 10.4 Å². The summed E-state index contributed by atoms with van der Waals surface area (Å²) in [5, 5.41) is 0. The van der Waals surface area contributed by atoms with Gasteiger partial charge < -0.3 is 5.73 Å². The Balaban J connectivity index is 4.04. The van der Waals surface area contributed by atoms with Crippen LogP contribution in [0, 0.1) is 5.41 Å². The number of thiocarbonyl (C=S) groups is 1. The summed E-state index contributed by atoms with van der Waals surface area (Å²) in [6, 6.07) is 0.194. The molecule has 0 amide bonds. The van der Waals surface area contributed by atoms with E-state index in [2.05, 4.69) is 32.7 Å². The quantitative estimate of drug-likeness (QED) is 0.683. The van der Waals surface area contributed by atoms with Crippen LogP contribution in [0.4, 0.5) is 0 Å². The van der Waals surface area contributed by atoms with Crippen LogP contribution in [-0.4, -0.2) is 29.5 Å². The van der Waals surface area contributed by atoms with Crippen molar-refractivity contribution in [3.8, 4) is 0 Å². The lowest BCUT2D eigenvalue weighted by Crippen LogP contribution is -2.42. The highest BCUT2D eigenvalue weighted by molar-refractivity contribution is 7.80. The largest absolute Gasteiger partial charge is 0.392 e. The molecular formula is C9H20N2S. The standard InChI is InChI=1S/C9H20N2S/c1-7(8(10)12)11(5)6-9(2,3)4/h7H,6H2,1-5H3,(H2,10,12). The number of likely N-dealkylation sites (N-methyl/N-ethyl adjacent to an activating group) is 1. The van der Waals surface area contributed by atoms with Crippen molar-refractivity contribution in [2.75, 3.05) is 13.6 Å². The van der Waals surface area contributed by atoms with Gasteiger partial charge in [0.1, 0.15) is 0 Å². The Morgan fingerprint density at radius 2 is 1.92 bits per heavy atom. The van der Waals surface area contributed by atoms with Gasteiger partial charge in [-0.1, -0.05) is 33.0 Å². The molecule has 0 bridgehead atoms. The van der Waals surface area contributed by atoms with Crippen molar-refractivity contribution in [2.45, 2.75) is 33.7 Å². The summed E-state index contributed by atoms with van der Waals surface area (Å²) in [7, 11) is 2.05. The molecule has 0 spiro atoms. The Hall–Kier alpha value is -0.150. The fourth-order valence-electron chi connectivity index (χ4n) is 1.10. The van der Waals surface area contributed by atoms with E-state index in [1.165, 1.54) is 0 Å². The van der Waals surface area contributed by atoms with Crippen LogP contribution in [0.2, 0.25) is 0 Å². The predicted octanol–water partition coefficient (Wildman–Crippen LogP) is 1.64. The second kappa shape index (κ2) is 4.19. The molecule has 2 N–H and O–H groups in total. The third-order valence-electron chi connectivity index (χ3n) is 1.80. The van der Waals surface area contributed by atoms with Crippen molar-refractivity contribution in [1.82, 2.24) is 4.90 Å². The van der Waals surface area contributed by atoms with Crippen molar-refractivity contribution in [1.29, 1.82) is 0 Å². The van der Waals surface area contributed by atoms with Crippen LogP contribution in [0.15, 0.2) is 0 Å². The molecule has 0 saturated heterocycles. The molecule has 0 fully saturated rings. The van der Waals surface area contributed by atoms with Gasteiger partial charge in [0.25, 0.3) is 0 Å². The summed E-state index contributed by atoms with van der Waals surface area (Å²) in [5.74, 6) is 0. The lowest BCUT2D eigenvalue weighted by Gasteiger charge is -2.30. The minimum atomic E-state index is 0.194. The van der Waals surface area contributed by atoms with E-state index in [9.17, 15) is 0 Å². The van der Waals surface area contributed by atoms with Crippen LogP contribution < -0.4 is 5.73 Å². The van der Waals surface area contributed by atoms with Crippen LogP contribution in [0.1, 0.15) is 27.7 Å². The Morgan fingerprint density at radius 1 is 1.50 bits per heavy atom. The van der Waals surface area contributed by atoms with Gasteiger partial charge in [0.05, 0.1) is 11.0 Å². The number of nitrogens with two attached hydrogens (primary N) is 1. The molecule has 0 aliphatic heterocycles. The fraction of sp³-hybridized carbons (Fsp3) is 0.889. The van der Waals surface area contributed by atoms with E-state index < -0.39 is 0 Å². The van der Waals surface area contributed by atoms with E-state index in [4.69, 9.17) is 18.0 Å². The highest BCUT2D eigenvalue weighted by atomic mass is 32.1. The maximum atomic E-state index is 5.55. The normalized spacial score (nSPS) is 14.8. The molecule has 1 atom stereocenters. The summed E-state index contributed by atoms with van der Waals surface area (Å²) in [5.41, 5.74) is 5.84. The lowest BCUT2D eigenvalue weighted by molar-refractivity contribution is 0.213. The second-order valence-corrected chi connectivity index (χ2v) is 5.03. The molecule has 0 aliphatic rings. The van der Waals surface area contributed by atoms with Gasteiger partial charge in [0.2, 0.25) is 0 Å². The van der Waals surface area contributed by atoms with Crippen molar-refractivity contribution in [3.05, 3.63) is 0 Å². The van der Waals surface area contributed by atoms with E-state index in [1.807, 2.05) is 6.92 Å². The SMILES string of the molecule is CC(C(N)=S)N(C)CC(C)(C)C. The smallest absolute Gasteiger partial charge is 0.0899 e. The molecule has 1 unspecified atom stereocenters. The Labute approximate surface area is 81.1 Å². The molecule has 12 heavy (non-hydrogen) atoms. The average molecular weight is 188 g/mol. The Bertz CT molecular complexity index is 160. The first-order chi connectivity index (χ1) is 5.24. The molecule has 0 aliphatic carbocycles. The first kappa shape index (κ1) is 11.8. The van der Waals surface area contributed by atoms with Crippen LogP contribution in [0.25, 0.3) is 0 Å². The van der Waals surface area contributed by atoms with Gasteiger partial charge in [-0.3, -0.25) is 4.90 Å². The zero-order chi connectivity index (χ0) is 9.94. The highest BCUT2D eigenvalue weighted by Gasteiger charge is 2.18. The summed E-state index contributed by atoms with van der Waals surface area (Å²) in [4.78, 5) is 2.75. The van der Waals surface area contributed by atoms with Gasteiger partial charge >= 0.3 is 0 Å². The van der Waals surface area contributed by atoms with Gasteiger partial charge in [0, 0.05) is 6.54 Å². The third-order valence-corrected chi connectivity index (χ3v) is 2.14. The van der Waals surface area contributed by atoms with Crippen LogP contribution >= 0.6 is 12.2 Å². The molecule has 0 rings (SSSR count). The molecule has 0 aromatic carbocycles. The molecular weight excluding hydrogens is 168 g/mol. The average Bonchev–Trinajstić information content (AvgIpc) is 1.82. The topological polar surface area (TPSA) is 29.3 Å². The molecule has 0 heterocycles. The molecule has 3 heteroatoms. The summed E-state index contributed by atoms with van der Waals surface area (Å²) < 4.78 is 0. The third kappa shape index (κ3) is 4.67. The van der Waals surface area contributed by atoms with Crippen molar-refractivity contribution in [3.63, 3.8) is 0 Å². The number of rotatable bonds is 3. The number of hydrogen-bond acceptors (Lipinski definition) is 2. The minimum absolute atomic E-state index is 0.194. The Kier molecular flexibility index (Phi) is 4.14. The zero-order valence-electron chi connectivity index (χ0n) is 8.72. The van der Waals surface area contributed by atoms with E-state index >= 15 is 0 Å². The first-order valence-electron chi connectivity index (χ1n) is 4.23. The first-order valence-corrected chi connectivity index (χ1v) is 4.64.